The number of benzene rings is 2. The number of H-pyrrole nitrogens is 1. The van der Waals surface area contributed by atoms with Crippen LogP contribution >= 0.6 is 0 Å². The van der Waals surface area contributed by atoms with Crippen molar-refractivity contribution in [2.24, 2.45) is 0 Å². The van der Waals surface area contributed by atoms with Crippen molar-refractivity contribution in [1.29, 1.82) is 0 Å². The first-order valence-electron chi connectivity index (χ1n) is 9.69. The van der Waals surface area contributed by atoms with Crippen molar-refractivity contribution in [3.63, 3.8) is 0 Å². The van der Waals surface area contributed by atoms with Gasteiger partial charge >= 0.3 is 5.97 Å². The van der Waals surface area contributed by atoms with Gasteiger partial charge in [0.2, 0.25) is 5.91 Å². The van der Waals surface area contributed by atoms with Crippen LogP contribution in [-0.4, -0.2) is 40.7 Å². The van der Waals surface area contributed by atoms with E-state index in [1.165, 1.54) is 7.11 Å². The second-order valence-corrected chi connectivity index (χ2v) is 6.93. The zero-order valence-corrected chi connectivity index (χ0v) is 16.9. The number of hydrogen-bond donors (Lipinski definition) is 2. The fourth-order valence-corrected chi connectivity index (χ4v) is 3.31. The molecule has 0 aliphatic heterocycles. The minimum atomic E-state index is -0.540. The third-order valence-electron chi connectivity index (χ3n) is 4.78. The molecule has 156 valence electrons. The van der Waals surface area contributed by atoms with Crippen LogP contribution in [0.5, 0.6) is 0 Å². The number of carbonyl (C=O) groups excluding carboxylic acids is 2. The number of nitrogens with zero attached hydrogens (tertiary/aromatic N) is 3. The van der Waals surface area contributed by atoms with Gasteiger partial charge in [-0.3, -0.25) is 14.9 Å². The molecule has 0 aliphatic rings. The quantitative estimate of drug-likeness (QED) is 0.449. The topological polar surface area (TPSA) is 100 Å². The number of para-hydroxylation sites is 1. The zero-order chi connectivity index (χ0) is 21.6. The van der Waals surface area contributed by atoms with Crippen molar-refractivity contribution in [1.82, 2.24) is 15.2 Å². The number of anilines is 2. The van der Waals surface area contributed by atoms with E-state index in [0.717, 1.165) is 11.3 Å². The lowest BCUT2D eigenvalue weighted by molar-refractivity contribution is -0.115. The summed E-state index contributed by atoms with van der Waals surface area (Å²) >= 11 is 0. The zero-order valence-electron chi connectivity index (χ0n) is 16.9. The summed E-state index contributed by atoms with van der Waals surface area (Å²) in [5, 5.41) is 10.3. The molecule has 4 rings (SSSR count). The third-order valence-corrected chi connectivity index (χ3v) is 4.78. The summed E-state index contributed by atoms with van der Waals surface area (Å²) in [7, 11) is 1.30. The monoisotopic (exact) mass is 415 g/mol. The van der Waals surface area contributed by atoms with E-state index in [-0.39, 0.29) is 18.1 Å². The van der Waals surface area contributed by atoms with Crippen LogP contribution in [0.15, 0.2) is 73.1 Å². The Bertz CT molecular complexity index is 1190. The van der Waals surface area contributed by atoms with Crippen molar-refractivity contribution < 1.29 is 14.3 Å². The maximum absolute atomic E-state index is 12.9. The standard InChI is InChI=1S/C23H21N5O3/c1-31-23(30)22-19-12-17(9-10-20(19)26-27-22)25-21(29)15-28(18-7-3-2-4-8-18)14-16-6-5-11-24-13-16/h2-13H,14-15H2,1H3,(H,25,29)(H,26,27). The molecule has 1 amide bonds. The van der Waals surface area contributed by atoms with Gasteiger partial charge in [0.15, 0.2) is 5.69 Å². The number of amides is 1. The fraction of sp³-hybridized carbons (Fsp3) is 0.130. The summed E-state index contributed by atoms with van der Waals surface area (Å²) in [4.78, 5) is 30.9. The number of ether oxygens (including phenoxy) is 1. The maximum atomic E-state index is 12.9. The predicted octanol–water partition coefficient (Wildman–Crippen LogP) is 3.39. The molecule has 0 fully saturated rings. The Morgan fingerprint density at radius 1 is 1.10 bits per heavy atom. The van der Waals surface area contributed by atoms with E-state index < -0.39 is 5.97 Å². The molecule has 2 aromatic carbocycles. The number of carbonyl (C=O) groups is 2. The summed E-state index contributed by atoms with van der Waals surface area (Å²) in [5.74, 6) is -0.725. The van der Waals surface area contributed by atoms with Crippen LogP contribution in [0.25, 0.3) is 10.9 Å². The second kappa shape index (κ2) is 9.08. The highest BCUT2D eigenvalue weighted by molar-refractivity contribution is 6.04. The fourth-order valence-electron chi connectivity index (χ4n) is 3.31. The van der Waals surface area contributed by atoms with E-state index in [1.54, 1.807) is 30.6 Å². The van der Waals surface area contributed by atoms with Crippen molar-refractivity contribution in [3.8, 4) is 0 Å². The lowest BCUT2D eigenvalue weighted by Crippen LogP contribution is -2.33. The average Bonchev–Trinajstić information content (AvgIpc) is 3.22. The van der Waals surface area contributed by atoms with Gasteiger partial charge in [-0.05, 0) is 42.0 Å². The predicted molar refractivity (Wildman–Crippen MR) is 118 cm³/mol. The molecular formula is C23H21N5O3. The molecule has 0 saturated heterocycles. The van der Waals surface area contributed by atoms with Crippen molar-refractivity contribution >= 4 is 34.2 Å². The largest absolute Gasteiger partial charge is 0.464 e. The molecule has 8 heteroatoms. The lowest BCUT2D eigenvalue weighted by Gasteiger charge is -2.24. The molecule has 2 N–H and O–H groups in total. The van der Waals surface area contributed by atoms with Gasteiger partial charge in [-0.2, -0.15) is 5.10 Å². The Morgan fingerprint density at radius 2 is 1.94 bits per heavy atom. The highest BCUT2D eigenvalue weighted by Crippen LogP contribution is 2.22. The van der Waals surface area contributed by atoms with Gasteiger partial charge in [0.25, 0.3) is 0 Å². The van der Waals surface area contributed by atoms with Crippen LogP contribution < -0.4 is 10.2 Å². The van der Waals surface area contributed by atoms with Gasteiger partial charge in [-0.25, -0.2) is 4.79 Å². The van der Waals surface area contributed by atoms with E-state index >= 15 is 0 Å². The van der Waals surface area contributed by atoms with Gasteiger partial charge in [-0.15, -0.1) is 0 Å². The Labute approximate surface area is 178 Å². The number of pyridine rings is 1. The van der Waals surface area contributed by atoms with Crippen molar-refractivity contribution in [2.45, 2.75) is 6.54 Å². The van der Waals surface area contributed by atoms with E-state index in [0.29, 0.717) is 23.1 Å². The molecule has 2 aromatic heterocycles. The minimum Gasteiger partial charge on any atom is -0.464 e. The average molecular weight is 415 g/mol. The summed E-state index contributed by atoms with van der Waals surface area (Å²) in [6.45, 7) is 0.685. The molecule has 0 unspecified atom stereocenters. The molecule has 0 radical (unpaired) electrons. The number of fused-ring (bicyclic) bond motifs is 1. The first-order chi connectivity index (χ1) is 15.1. The Hall–Kier alpha value is -4.20. The Balaban J connectivity index is 1.53. The normalized spacial score (nSPS) is 10.6. The van der Waals surface area contributed by atoms with Crippen LogP contribution in [0.1, 0.15) is 16.1 Å². The highest BCUT2D eigenvalue weighted by Gasteiger charge is 2.16. The van der Waals surface area contributed by atoms with Crippen LogP contribution in [0, 0.1) is 0 Å². The minimum absolute atomic E-state index is 0.145. The van der Waals surface area contributed by atoms with Crippen LogP contribution in [0.3, 0.4) is 0 Å². The van der Waals surface area contributed by atoms with Gasteiger partial charge in [-0.1, -0.05) is 24.3 Å². The molecule has 0 aliphatic carbocycles. The van der Waals surface area contributed by atoms with E-state index in [4.69, 9.17) is 4.74 Å². The number of methoxy groups -OCH3 is 1. The molecule has 2 heterocycles. The number of aromatic amines is 1. The number of rotatable bonds is 7. The van der Waals surface area contributed by atoms with Crippen LogP contribution in [-0.2, 0) is 16.1 Å². The Morgan fingerprint density at radius 3 is 2.68 bits per heavy atom. The summed E-state index contributed by atoms with van der Waals surface area (Å²) in [6, 6.07) is 18.8. The number of hydrogen-bond acceptors (Lipinski definition) is 6. The lowest BCUT2D eigenvalue weighted by atomic mass is 10.2. The molecule has 0 bridgehead atoms. The SMILES string of the molecule is COC(=O)c1n[nH]c2ccc(NC(=O)CN(Cc3cccnc3)c3ccccc3)cc12. The van der Waals surface area contributed by atoms with Crippen molar-refractivity contribution in [3.05, 3.63) is 84.3 Å². The van der Waals surface area contributed by atoms with E-state index in [2.05, 4.69) is 20.5 Å². The highest BCUT2D eigenvalue weighted by atomic mass is 16.5. The van der Waals surface area contributed by atoms with Crippen LogP contribution in [0.2, 0.25) is 0 Å². The molecule has 31 heavy (non-hydrogen) atoms. The van der Waals surface area contributed by atoms with E-state index in [1.807, 2.05) is 47.4 Å². The maximum Gasteiger partial charge on any atom is 0.359 e. The summed E-state index contributed by atoms with van der Waals surface area (Å²) < 4.78 is 4.76. The second-order valence-electron chi connectivity index (χ2n) is 6.93. The van der Waals surface area contributed by atoms with Gasteiger partial charge < -0.3 is 15.0 Å². The van der Waals surface area contributed by atoms with Gasteiger partial charge in [0.05, 0.1) is 19.2 Å². The smallest absolute Gasteiger partial charge is 0.359 e. The summed E-state index contributed by atoms with van der Waals surface area (Å²) in [6.07, 6.45) is 3.51. The number of esters is 1. The number of nitrogens with one attached hydrogen (secondary N) is 2. The summed E-state index contributed by atoms with van der Waals surface area (Å²) in [5.41, 5.74) is 3.36. The first kappa shape index (κ1) is 20.1. The molecule has 8 nitrogen and oxygen atoms in total. The molecule has 0 saturated carbocycles. The molecule has 0 spiro atoms. The van der Waals surface area contributed by atoms with Crippen LogP contribution in [0.4, 0.5) is 11.4 Å². The molecule has 4 aromatic rings. The van der Waals surface area contributed by atoms with Gasteiger partial charge in [0.1, 0.15) is 0 Å². The van der Waals surface area contributed by atoms with E-state index in [9.17, 15) is 9.59 Å². The molecule has 0 atom stereocenters. The third kappa shape index (κ3) is 4.69. The van der Waals surface area contributed by atoms with Gasteiger partial charge in [0, 0.05) is 35.7 Å². The molecular weight excluding hydrogens is 394 g/mol. The Kier molecular flexibility index (Phi) is 5.89. The van der Waals surface area contributed by atoms with Crippen molar-refractivity contribution in [2.75, 3.05) is 23.9 Å². The number of aromatic nitrogens is 3. The first-order valence-corrected chi connectivity index (χ1v) is 9.69.